The molecule has 0 spiro atoms. The fraction of sp³-hybridized carbons (Fsp3) is 1.00. The van der Waals surface area contributed by atoms with E-state index in [1.165, 1.54) is 39.0 Å². The molecule has 19 heavy (non-hydrogen) atoms. The number of rotatable bonds is 4. The van der Waals surface area contributed by atoms with E-state index in [1.807, 2.05) is 0 Å². The minimum Gasteiger partial charge on any atom is -0.315 e. The lowest BCUT2D eigenvalue weighted by Crippen LogP contribution is -2.64. The maximum absolute atomic E-state index is 3.64. The Hall–Kier alpha value is -0.160. The lowest BCUT2D eigenvalue weighted by atomic mass is 9.78. The van der Waals surface area contributed by atoms with Crippen LogP contribution in [0.4, 0.5) is 0 Å². The van der Waals surface area contributed by atoms with Crippen LogP contribution in [-0.4, -0.2) is 74.7 Å². The van der Waals surface area contributed by atoms with Crippen molar-refractivity contribution in [1.82, 2.24) is 20.4 Å². The van der Waals surface area contributed by atoms with Crippen LogP contribution < -0.4 is 10.6 Å². The Kier molecular flexibility index (Phi) is 5.23. The fourth-order valence-electron chi connectivity index (χ4n) is 3.97. The summed E-state index contributed by atoms with van der Waals surface area (Å²) >= 11 is 0. The largest absolute Gasteiger partial charge is 0.315 e. The van der Waals surface area contributed by atoms with E-state index in [9.17, 15) is 0 Å². The molecule has 2 rings (SSSR count). The van der Waals surface area contributed by atoms with Crippen molar-refractivity contribution in [2.45, 2.75) is 38.3 Å². The zero-order chi connectivity index (χ0) is 13.9. The maximum Gasteiger partial charge on any atom is 0.0309 e. The molecule has 1 unspecified atom stereocenters. The SMILES string of the molecule is CNC(C1CCN(C)CC1)C(C)(C)N1CCNCC1. The Morgan fingerprint density at radius 3 is 2.21 bits per heavy atom. The second-order valence-corrected chi connectivity index (χ2v) is 6.80. The molecule has 0 radical (unpaired) electrons. The minimum absolute atomic E-state index is 0.247. The summed E-state index contributed by atoms with van der Waals surface area (Å²) in [4.78, 5) is 5.13. The number of likely N-dealkylation sites (N-methyl/N-ethyl adjacent to an activating group) is 1. The number of nitrogens with one attached hydrogen (secondary N) is 2. The highest BCUT2D eigenvalue weighted by Gasteiger charge is 2.40. The fourth-order valence-corrected chi connectivity index (χ4v) is 3.97. The number of piperazine rings is 1. The first-order valence-corrected chi connectivity index (χ1v) is 7.87. The summed E-state index contributed by atoms with van der Waals surface area (Å²) < 4.78 is 0. The van der Waals surface area contributed by atoms with Gasteiger partial charge in [-0.25, -0.2) is 0 Å². The number of piperidine rings is 1. The van der Waals surface area contributed by atoms with Crippen molar-refractivity contribution in [1.29, 1.82) is 0 Å². The third kappa shape index (κ3) is 3.48. The van der Waals surface area contributed by atoms with Gasteiger partial charge in [-0.15, -0.1) is 0 Å². The number of hydrogen-bond donors (Lipinski definition) is 2. The third-order valence-electron chi connectivity index (χ3n) is 5.24. The Morgan fingerprint density at radius 1 is 1.11 bits per heavy atom. The van der Waals surface area contributed by atoms with Crippen molar-refractivity contribution in [2.75, 3.05) is 53.4 Å². The van der Waals surface area contributed by atoms with Gasteiger partial charge in [0, 0.05) is 37.8 Å². The van der Waals surface area contributed by atoms with E-state index < -0.39 is 0 Å². The van der Waals surface area contributed by atoms with Crippen LogP contribution in [0.2, 0.25) is 0 Å². The topological polar surface area (TPSA) is 30.5 Å². The molecule has 0 aromatic carbocycles. The molecule has 0 aromatic heterocycles. The van der Waals surface area contributed by atoms with E-state index in [-0.39, 0.29) is 5.54 Å². The molecule has 4 heteroatoms. The van der Waals surface area contributed by atoms with Gasteiger partial charge in [-0.1, -0.05) is 0 Å². The zero-order valence-corrected chi connectivity index (χ0v) is 13.2. The molecule has 0 aliphatic carbocycles. The van der Waals surface area contributed by atoms with Gasteiger partial charge in [0.2, 0.25) is 0 Å². The van der Waals surface area contributed by atoms with Gasteiger partial charge in [0.15, 0.2) is 0 Å². The molecule has 0 bridgehead atoms. The smallest absolute Gasteiger partial charge is 0.0309 e. The van der Waals surface area contributed by atoms with Crippen molar-refractivity contribution in [3.8, 4) is 0 Å². The third-order valence-corrected chi connectivity index (χ3v) is 5.24. The summed E-state index contributed by atoms with van der Waals surface area (Å²) in [6.07, 6.45) is 2.66. The van der Waals surface area contributed by atoms with E-state index in [4.69, 9.17) is 0 Å². The van der Waals surface area contributed by atoms with E-state index in [0.29, 0.717) is 6.04 Å². The summed E-state index contributed by atoms with van der Waals surface area (Å²) in [5.74, 6) is 0.811. The van der Waals surface area contributed by atoms with Crippen LogP contribution in [-0.2, 0) is 0 Å². The molecule has 2 aliphatic heterocycles. The van der Waals surface area contributed by atoms with Crippen LogP contribution in [0.25, 0.3) is 0 Å². The van der Waals surface area contributed by atoms with Crippen LogP contribution in [0.15, 0.2) is 0 Å². The molecule has 112 valence electrons. The predicted molar refractivity (Wildman–Crippen MR) is 81.6 cm³/mol. The Bertz CT molecular complexity index is 265. The van der Waals surface area contributed by atoms with Gasteiger partial charge in [-0.2, -0.15) is 0 Å². The first-order chi connectivity index (χ1) is 9.05. The second kappa shape index (κ2) is 6.53. The number of hydrogen-bond acceptors (Lipinski definition) is 4. The first kappa shape index (κ1) is 15.2. The second-order valence-electron chi connectivity index (χ2n) is 6.80. The first-order valence-electron chi connectivity index (χ1n) is 7.87. The molecule has 2 aliphatic rings. The molecule has 0 aromatic rings. The Labute approximate surface area is 118 Å². The Balaban J connectivity index is 2.02. The molecule has 4 nitrogen and oxygen atoms in total. The highest BCUT2D eigenvalue weighted by Crippen LogP contribution is 2.30. The van der Waals surface area contributed by atoms with Gasteiger partial charge in [0.1, 0.15) is 0 Å². The van der Waals surface area contributed by atoms with Gasteiger partial charge in [0.05, 0.1) is 0 Å². The monoisotopic (exact) mass is 268 g/mol. The van der Waals surface area contributed by atoms with Gasteiger partial charge in [-0.3, -0.25) is 4.90 Å². The lowest BCUT2D eigenvalue weighted by molar-refractivity contribution is 0.0338. The summed E-state index contributed by atoms with van der Waals surface area (Å²) in [5.41, 5.74) is 0.247. The molecule has 0 saturated carbocycles. The minimum atomic E-state index is 0.247. The van der Waals surface area contributed by atoms with Crippen LogP contribution in [0, 0.1) is 5.92 Å². The summed E-state index contributed by atoms with van der Waals surface area (Å²) in [6, 6.07) is 0.597. The standard InChI is InChI=1S/C15H32N4/c1-15(2,19-11-7-17-8-12-19)14(16-3)13-5-9-18(4)10-6-13/h13-14,16-17H,5-12H2,1-4H3. The Morgan fingerprint density at radius 2 is 1.68 bits per heavy atom. The molecular formula is C15H32N4. The van der Waals surface area contributed by atoms with Crippen LogP contribution in [0.5, 0.6) is 0 Å². The summed E-state index contributed by atoms with van der Waals surface area (Å²) in [5, 5.41) is 7.10. The highest BCUT2D eigenvalue weighted by atomic mass is 15.3. The molecule has 0 amide bonds. The van der Waals surface area contributed by atoms with E-state index in [1.54, 1.807) is 0 Å². The highest BCUT2D eigenvalue weighted by molar-refractivity contribution is 4.99. The summed E-state index contributed by atoms with van der Waals surface area (Å²) in [7, 11) is 4.39. The quantitative estimate of drug-likeness (QED) is 0.782. The lowest BCUT2D eigenvalue weighted by Gasteiger charge is -2.49. The number of nitrogens with zero attached hydrogens (tertiary/aromatic N) is 2. The van der Waals surface area contributed by atoms with Crippen molar-refractivity contribution in [3.63, 3.8) is 0 Å². The van der Waals surface area contributed by atoms with Crippen LogP contribution in [0.1, 0.15) is 26.7 Å². The molecular weight excluding hydrogens is 236 g/mol. The normalized spacial score (nSPS) is 26.5. The van der Waals surface area contributed by atoms with Gasteiger partial charge in [-0.05, 0) is 59.8 Å². The molecule has 2 N–H and O–H groups in total. The summed E-state index contributed by atoms with van der Waals surface area (Å²) in [6.45, 7) is 12.0. The van der Waals surface area contributed by atoms with E-state index in [2.05, 4.69) is 48.4 Å². The van der Waals surface area contributed by atoms with Crippen molar-refractivity contribution < 1.29 is 0 Å². The van der Waals surface area contributed by atoms with Crippen molar-refractivity contribution in [3.05, 3.63) is 0 Å². The van der Waals surface area contributed by atoms with Crippen molar-refractivity contribution in [2.24, 2.45) is 5.92 Å². The van der Waals surface area contributed by atoms with Gasteiger partial charge < -0.3 is 15.5 Å². The van der Waals surface area contributed by atoms with Gasteiger partial charge in [0.25, 0.3) is 0 Å². The number of likely N-dealkylation sites (tertiary alicyclic amines) is 1. The predicted octanol–water partition coefficient (Wildman–Crippen LogP) is 0.600. The molecule has 1 atom stereocenters. The average Bonchev–Trinajstić information content (AvgIpc) is 2.42. The van der Waals surface area contributed by atoms with Crippen molar-refractivity contribution >= 4 is 0 Å². The average molecular weight is 268 g/mol. The zero-order valence-electron chi connectivity index (χ0n) is 13.2. The van der Waals surface area contributed by atoms with E-state index >= 15 is 0 Å². The van der Waals surface area contributed by atoms with Crippen LogP contribution in [0.3, 0.4) is 0 Å². The molecule has 2 heterocycles. The van der Waals surface area contributed by atoms with Crippen LogP contribution >= 0.6 is 0 Å². The maximum atomic E-state index is 3.64. The van der Waals surface area contributed by atoms with E-state index in [0.717, 1.165) is 19.0 Å². The molecule has 2 saturated heterocycles. The van der Waals surface area contributed by atoms with Gasteiger partial charge >= 0.3 is 0 Å². The molecule has 2 fully saturated rings.